The summed E-state index contributed by atoms with van der Waals surface area (Å²) < 4.78 is 39.2. The fourth-order valence-electron chi connectivity index (χ4n) is 2.54. The van der Waals surface area contributed by atoms with Crippen molar-refractivity contribution in [2.75, 3.05) is 7.11 Å². The average molecular weight is 356 g/mol. The maximum Gasteiger partial charge on any atom is 0.387 e. The van der Waals surface area contributed by atoms with Crippen molar-refractivity contribution in [2.24, 2.45) is 5.73 Å². The van der Waals surface area contributed by atoms with E-state index in [2.05, 4.69) is 14.9 Å². The van der Waals surface area contributed by atoms with Gasteiger partial charge < -0.3 is 19.7 Å². The summed E-state index contributed by atoms with van der Waals surface area (Å²) in [5.74, 6) is -0.510. The van der Waals surface area contributed by atoms with Gasteiger partial charge in [-0.1, -0.05) is 5.16 Å². The Morgan fingerprint density at radius 3 is 2.64 bits per heavy atom. The van der Waals surface area contributed by atoms with Crippen LogP contribution in [-0.4, -0.2) is 28.8 Å². The minimum Gasteiger partial charge on any atom is -0.493 e. The SMILES string of the molecule is COc1cc(-c2nc(C3(N)CCC3)no2)c([N+](=O)[O-])cc1OC(F)F. The van der Waals surface area contributed by atoms with Gasteiger partial charge in [0.1, 0.15) is 5.56 Å². The average Bonchev–Trinajstić information content (AvgIpc) is 3.01. The van der Waals surface area contributed by atoms with Crippen LogP contribution in [0.15, 0.2) is 16.7 Å². The van der Waals surface area contributed by atoms with Crippen molar-refractivity contribution in [3.63, 3.8) is 0 Å². The molecule has 1 fully saturated rings. The van der Waals surface area contributed by atoms with Crippen LogP contribution in [0.3, 0.4) is 0 Å². The molecule has 134 valence electrons. The van der Waals surface area contributed by atoms with Crippen LogP contribution in [0, 0.1) is 10.1 Å². The summed E-state index contributed by atoms with van der Waals surface area (Å²) in [7, 11) is 1.21. The van der Waals surface area contributed by atoms with Gasteiger partial charge in [-0.3, -0.25) is 10.1 Å². The Labute approximate surface area is 139 Å². The summed E-state index contributed by atoms with van der Waals surface area (Å²) >= 11 is 0. The molecule has 3 rings (SSSR count). The Balaban J connectivity index is 2.07. The number of benzene rings is 1. The number of nitro groups is 1. The van der Waals surface area contributed by atoms with Crippen LogP contribution in [0.25, 0.3) is 11.5 Å². The first-order chi connectivity index (χ1) is 11.8. The van der Waals surface area contributed by atoms with E-state index in [1.807, 2.05) is 0 Å². The second kappa shape index (κ2) is 6.24. The largest absolute Gasteiger partial charge is 0.493 e. The highest BCUT2D eigenvalue weighted by molar-refractivity contribution is 5.72. The van der Waals surface area contributed by atoms with E-state index in [1.54, 1.807) is 0 Å². The number of alkyl halides is 2. The van der Waals surface area contributed by atoms with Crippen LogP contribution in [-0.2, 0) is 5.54 Å². The summed E-state index contributed by atoms with van der Waals surface area (Å²) in [5, 5.41) is 15.1. The van der Waals surface area contributed by atoms with Crippen molar-refractivity contribution in [3.8, 4) is 23.0 Å². The summed E-state index contributed by atoms with van der Waals surface area (Å²) in [6.07, 6.45) is 2.28. The van der Waals surface area contributed by atoms with Gasteiger partial charge >= 0.3 is 6.61 Å². The Morgan fingerprint density at radius 2 is 2.12 bits per heavy atom. The lowest BCUT2D eigenvalue weighted by atomic mass is 9.77. The molecule has 0 spiro atoms. The first kappa shape index (κ1) is 17.0. The minimum absolute atomic E-state index is 0.0786. The van der Waals surface area contributed by atoms with E-state index in [1.165, 1.54) is 7.11 Å². The molecule has 2 N–H and O–H groups in total. The molecule has 1 heterocycles. The van der Waals surface area contributed by atoms with E-state index in [4.69, 9.17) is 15.0 Å². The van der Waals surface area contributed by atoms with Crippen LogP contribution >= 0.6 is 0 Å². The maximum atomic E-state index is 12.5. The van der Waals surface area contributed by atoms with Crippen molar-refractivity contribution in [3.05, 3.63) is 28.1 Å². The van der Waals surface area contributed by atoms with Crippen LogP contribution in [0.1, 0.15) is 25.1 Å². The first-order valence-electron chi connectivity index (χ1n) is 7.29. The molecule has 11 heteroatoms. The molecule has 9 nitrogen and oxygen atoms in total. The number of nitrogens with zero attached hydrogens (tertiary/aromatic N) is 3. The highest BCUT2D eigenvalue weighted by Gasteiger charge is 2.39. The number of rotatable bonds is 6. The quantitative estimate of drug-likeness (QED) is 0.618. The van der Waals surface area contributed by atoms with E-state index >= 15 is 0 Å². The fraction of sp³-hybridized carbons (Fsp3) is 0.429. The van der Waals surface area contributed by atoms with E-state index in [0.717, 1.165) is 18.6 Å². The summed E-state index contributed by atoms with van der Waals surface area (Å²) in [6.45, 7) is -3.16. The van der Waals surface area contributed by atoms with Gasteiger partial charge in [-0.15, -0.1) is 0 Å². The molecular weight excluding hydrogens is 342 g/mol. The van der Waals surface area contributed by atoms with Gasteiger partial charge in [0.15, 0.2) is 17.3 Å². The molecule has 1 aromatic heterocycles. The molecule has 0 amide bonds. The molecule has 0 radical (unpaired) electrons. The standard InChI is InChI=1S/C14H14F2N4O5/c1-23-9-5-7(8(20(21)22)6-10(9)24-13(15)16)11-18-12(19-25-11)14(17)3-2-4-14/h5-6,13H,2-4,17H2,1H3. The van der Waals surface area contributed by atoms with Gasteiger partial charge in [0.05, 0.1) is 23.6 Å². The Morgan fingerprint density at radius 1 is 1.40 bits per heavy atom. The molecule has 1 aromatic carbocycles. The second-order valence-electron chi connectivity index (χ2n) is 5.59. The third-order valence-corrected chi connectivity index (χ3v) is 4.04. The molecule has 25 heavy (non-hydrogen) atoms. The van der Waals surface area contributed by atoms with Crippen molar-refractivity contribution >= 4 is 5.69 Å². The molecule has 0 saturated heterocycles. The van der Waals surface area contributed by atoms with Gasteiger partial charge in [-0.25, -0.2) is 0 Å². The monoisotopic (exact) mass is 356 g/mol. The van der Waals surface area contributed by atoms with E-state index < -0.39 is 28.5 Å². The van der Waals surface area contributed by atoms with Gasteiger partial charge in [-0.05, 0) is 19.3 Å². The molecule has 0 aliphatic heterocycles. The van der Waals surface area contributed by atoms with Gasteiger partial charge in [0.2, 0.25) is 0 Å². The Bertz CT molecular complexity index is 807. The Kier molecular flexibility index (Phi) is 4.25. The predicted molar refractivity (Wildman–Crippen MR) is 79.3 cm³/mol. The van der Waals surface area contributed by atoms with Gasteiger partial charge in [-0.2, -0.15) is 13.8 Å². The number of aromatic nitrogens is 2. The van der Waals surface area contributed by atoms with E-state index in [-0.39, 0.29) is 23.0 Å². The first-order valence-corrected chi connectivity index (χ1v) is 7.29. The molecule has 1 saturated carbocycles. The normalized spacial score (nSPS) is 15.7. The minimum atomic E-state index is -3.16. The zero-order valence-electron chi connectivity index (χ0n) is 13.1. The van der Waals surface area contributed by atoms with E-state index in [9.17, 15) is 18.9 Å². The topological polar surface area (TPSA) is 127 Å². The third-order valence-electron chi connectivity index (χ3n) is 4.04. The number of nitro benzene ring substituents is 1. The zero-order valence-corrected chi connectivity index (χ0v) is 13.1. The molecule has 2 aromatic rings. The van der Waals surface area contributed by atoms with Gasteiger partial charge in [0, 0.05) is 6.07 Å². The van der Waals surface area contributed by atoms with Gasteiger partial charge in [0.25, 0.3) is 11.6 Å². The number of halogens is 2. The molecule has 0 unspecified atom stereocenters. The van der Waals surface area contributed by atoms with Crippen LogP contribution in [0.4, 0.5) is 14.5 Å². The molecule has 0 bridgehead atoms. The lowest BCUT2D eigenvalue weighted by Gasteiger charge is -2.34. The van der Waals surface area contributed by atoms with Crippen molar-refractivity contribution in [1.82, 2.24) is 10.1 Å². The molecule has 0 atom stereocenters. The predicted octanol–water partition coefficient (Wildman–Crippen LogP) is 2.59. The number of hydrogen-bond donors (Lipinski definition) is 1. The third kappa shape index (κ3) is 3.09. The van der Waals surface area contributed by atoms with Crippen LogP contribution < -0.4 is 15.2 Å². The van der Waals surface area contributed by atoms with E-state index in [0.29, 0.717) is 12.8 Å². The van der Waals surface area contributed by atoms with Crippen molar-refractivity contribution in [2.45, 2.75) is 31.4 Å². The Hall–Kier alpha value is -2.82. The second-order valence-corrected chi connectivity index (χ2v) is 5.59. The fourth-order valence-corrected chi connectivity index (χ4v) is 2.54. The lowest BCUT2D eigenvalue weighted by molar-refractivity contribution is -0.384. The molecule has 1 aliphatic carbocycles. The highest BCUT2D eigenvalue weighted by atomic mass is 19.3. The maximum absolute atomic E-state index is 12.5. The summed E-state index contributed by atoms with van der Waals surface area (Å²) in [5.41, 5.74) is 4.78. The smallest absolute Gasteiger partial charge is 0.387 e. The number of nitrogens with two attached hydrogens (primary N) is 1. The van der Waals surface area contributed by atoms with Crippen LogP contribution in [0.5, 0.6) is 11.5 Å². The van der Waals surface area contributed by atoms with Crippen LogP contribution in [0.2, 0.25) is 0 Å². The zero-order chi connectivity index (χ0) is 18.2. The molecule has 1 aliphatic rings. The molecular formula is C14H14F2N4O5. The van der Waals surface area contributed by atoms with Crippen molar-refractivity contribution < 1.29 is 27.7 Å². The summed E-state index contributed by atoms with van der Waals surface area (Å²) in [4.78, 5) is 14.7. The number of methoxy groups -OCH3 is 1. The van der Waals surface area contributed by atoms with Crippen molar-refractivity contribution in [1.29, 1.82) is 0 Å². The lowest BCUT2D eigenvalue weighted by Crippen LogP contribution is -2.44. The number of hydrogen-bond acceptors (Lipinski definition) is 8. The summed E-state index contributed by atoms with van der Waals surface area (Å²) in [6, 6.07) is 1.96. The highest BCUT2D eigenvalue weighted by Crippen LogP contribution is 2.42. The number of ether oxygens (including phenoxy) is 2.